The highest BCUT2D eigenvalue weighted by molar-refractivity contribution is 6.33. The average molecular weight is 378 g/mol. The molecular formula is C22H16ClNO3. The van der Waals surface area contributed by atoms with Crippen LogP contribution in [-0.4, -0.2) is 16.1 Å². The number of halogens is 1. The van der Waals surface area contributed by atoms with E-state index in [4.69, 9.17) is 16.3 Å². The van der Waals surface area contributed by atoms with Gasteiger partial charge in [0.25, 0.3) is 0 Å². The summed E-state index contributed by atoms with van der Waals surface area (Å²) in [5.41, 5.74) is 3.01. The zero-order valence-corrected chi connectivity index (χ0v) is 15.0. The van der Waals surface area contributed by atoms with Crippen LogP contribution in [0.3, 0.4) is 0 Å². The molecule has 1 aromatic heterocycles. The number of hydrogen-bond acceptors (Lipinski definition) is 2. The number of H-pyrrole nitrogens is 1. The number of hydrogen-bond donors (Lipinski definition) is 2. The number of para-hydroxylation sites is 1. The Kier molecular flexibility index (Phi) is 4.57. The lowest BCUT2D eigenvalue weighted by molar-refractivity contribution is -0.136. The van der Waals surface area contributed by atoms with Crippen molar-refractivity contribution in [3.05, 3.63) is 83.4 Å². The standard InChI is InChI=1S/C22H16ClNO3/c23-19-9-5-4-8-16(19)22-18(13-21(25)26)17-12-15(10-11-20(17)24-22)27-14-6-2-1-3-7-14/h1-12,24H,13H2,(H,25,26). The van der Waals surface area contributed by atoms with Crippen LogP contribution >= 0.6 is 11.6 Å². The predicted octanol–water partition coefficient (Wildman–Crippen LogP) is 5.91. The Balaban J connectivity index is 1.85. The van der Waals surface area contributed by atoms with Crippen LogP contribution in [0, 0.1) is 0 Å². The third-order valence-corrected chi connectivity index (χ3v) is 4.66. The summed E-state index contributed by atoms with van der Waals surface area (Å²) in [6.07, 6.45) is -0.116. The van der Waals surface area contributed by atoms with Gasteiger partial charge in [0.05, 0.1) is 12.1 Å². The van der Waals surface area contributed by atoms with Gasteiger partial charge in [0.2, 0.25) is 0 Å². The molecule has 134 valence electrons. The van der Waals surface area contributed by atoms with E-state index in [2.05, 4.69) is 4.98 Å². The van der Waals surface area contributed by atoms with Gasteiger partial charge in [-0.25, -0.2) is 0 Å². The van der Waals surface area contributed by atoms with Crippen molar-refractivity contribution in [2.75, 3.05) is 0 Å². The number of benzene rings is 3. The molecule has 3 aromatic carbocycles. The molecule has 4 nitrogen and oxygen atoms in total. The largest absolute Gasteiger partial charge is 0.481 e. The summed E-state index contributed by atoms with van der Waals surface area (Å²) in [6.45, 7) is 0. The molecule has 0 aliphatic rings. The minimum absolute atomic E-state index is 0.116. The maximum atomic E-state index is 11.5. The summed E-state index contributed by atoms with van der Waals surface area (Å²) in [5.74, 6) is 0.460. The molecule has 0 spiro atoms. The van der Waals surface area contributed by atoms with Crippen LogP contribution in [0.15, 0.2) is 72.8 Å². The quantitative estimate of drug-likeness (QED) is 0.454. The maximum absolute atomic E-state index is 11.5. The van der Waals surface area contributed by atoms with Crippen molar-refractivity contribution in [3.8, 4) is 22.8 Å². The van der Waals surface area contributed by atoms with Crippen LogP contribution in [0.4, 0.5) is 0 Å². The first-order valence-corrected chi connectivity index (χ1v) is 8.84. The van der Waals surface area contributed by atoms with Crippen molar-refractivity contribution in [3.63, 3.8) is 0 Å². The highest BCUT2D eigenvalue weighted by Crippen LogP contribution is 2.36. The van der Waals surface area contributed by atoms with Gasteiger partial charge < -0.3 is 14.8 Å². The molecule has 0 amide bonds. The lowest BCUT2D eigenvalue weighted by Gasteiger charge is -2.07. The normalized spacial score (nSPS) is 10.9. The van der Waals surface area contributed by atoms with E-state index in [1.807, 2.05) is 66.7 Å². The average Bonchev–Trinajstić information content (AvgIpc) is 3.00. The predicted molar refractivity (Wildman–Crippen MR) is 107 cm³/mol. The molecule has 2 N–H and O–H groups in total. The van der Waals surface area contributed by atoms with Crippen molar-refractivity contribution in [1.82, 2.24) is 4.98 Å². The summed E-state index contributed by atoms with van der Waals surface area (Å²) in [4.78, 5) is 14.8. The van der Waals surface area contributed by atoms with E-state index in [1.165, 1.54) is 0 Å². The zero-order valence-electron chi connectivity index (χ0n) is 14.3. The van der Waals surface area contributed by atoms with Gasteiger partial charge in [0.1, 0.15) is 11.5 Å². The summed E-state index contributed by atoms with van der Waals surface area (Å²) in [7, 11) is 0. The van der Waals surface area contributed by atoms with E-state index < -0.39 is 5.97 Å². The molecule has 0 atom stereocenters. The van der Waals surface area contributed by atoms with E-state index in [0.29, 0.717) is 16.3 Å². The summed E-state index contributed by atoms with van der Waals surface area (Å²) in [5, 5.41) is 10.8. The number of aliphatic carboxylic acids is 1. The van der Waals surface area contributed by atoms with E-state index in [0.717, 1.165) is 27.9 Å². The summed E-state index contributed by atoms with van der Waals surface area (Å²) >= 11 is 6.34. The maximum Gasteiger partial charge on any atom is 0.307 e. The summed E-state index contributed by atoms with van der Waals surface area (Å²) < 4.78 is 5.90. The SMILES string of the molecule is O=C(O)Cc1c(-c2ccccc2Cl)[nH]c2ccc(Oc3ccccc3)cc12. The third-order valence-electron chi connectivity index (χ3n) is 4.33. The van der Waals surface area contributed by atoms with Gasteiger partial charge >= 0.3 is 5.97 Å². The number of rotatable bonds is 5. The Hall–Kier alpha value is -3.24. The molecule has 0 aliphatic heterocycles. The molecule has 0 saturated heterocycles. The lowest BCUT2D eigenvalue weighted by atomic mass is 10.0. The Morgan fingerprint density at radius 2 is 1.70 bits per heavy atom. The van der Waals surface area contributed by atoms with Crippen LogP contribution in [0.5, 0.6) is 11.5 Å². The molecule has 0 bridgehead atoms. The fraction of sp³-hybridized carbons (Fsp3) is 0.0455. The van der Waals surface area contributed by atoms with E-state index in [-0.39, 0.29) is 6.42 Å². The fourth-order valence-electron chi connectivity index (χ4n) is 3.14. The van der Waals surface area contributed by atoms with Crippen LogP contribution in [0.25, 0.3) is 22.2 Å². The van der Waals surface area contributed by atoms with Gasteiger partial charge in [-0.15, -0.1) is 0 Å². The van der Waals surface area contributed by atoms with Gasteiger partial charge in [-0.2, -0.15) is 0 Å². The first-order valence-electron chi connectivity index (χ1n) is 8.46. The molecule has 0 fully saturated rings. The Morgan fingerprint density at radius 1 is 0.963 bits per heavy atom. The molecule has 0 radical (unpaired) electrons. The van der Waals surface area contributed by atoms with Crippen LogP contribution in [0.1, 0.15) is 5.56 Å². The van der Waals surface area contributed by atoms with E-state index >= 15 is 0 Å². The number of aromatic amines is 1. The van der Waals surface area contributed by atoms with Crippen molar-refractivity contribution >= 4 is 28.5 Å². The van der Waals surface area contributed by atoms with Gasteiger partial charge in [0.15, 0.2) is 0 Å². The minimum Gasteiger partial charge on any atom is -0.481 e. The van der Waals surface area contributed by atoms with Gasteiger partial charge in [-0.3, -0.25) is 4.79 Å². The second kappa shape index (κ2) is 7.17. The van der Waals surface area contributed by atoms with Crippen molar-refractivity contribution < 1.29 is 14.6 Å². The molecule has 1 heterocycles. The molecule has 5 heteroatoms. The van der Waals surface area contributed by atoms with Gasteiger partial charge in [-0.05, 0) is 42.0 Å². The van der Waals surface area contributed by atoms with Gasteiger partial charge in [-0.1, -0.05) is 48.0 Å². The van der Waals surface area contributed by atoms with Crippen LogP contribution in [-0.2, 0) is 11.2 Å². The topological polar surface area (TPSA) is 62.3 Å². The number of fused-ring (bicyclic) bond motifs is 1. The van der Waals surface area contributed by atoms with E-state index in [9.17, 15) is 9.90 Å². The van der Waals surface area contributed by atoms with E-state index in [1.54, 1.807) is 6.07 Å². The first-order chi connectivity index (χ1) is 13.1. The third kappa shape index (κ3) is 3.52. The lowest BCUT2D eigenvalue weighted by Crippen LogP contribution is -2.01. The first kappa shape index (κ1) is 17.2. The number of aromatic nitrogens is 1. The molecule has 27 heavy (non-hydrogen) atoms. The Morgan fingerprint density at radius 3 is 2.44 bits per heavy atom. The van der Waals surface area contributed by atoms with Crippen molar-refractivity contribution in [2.24, 2.45) is 0 Å². The second-order valence-corrected chi connectivity index (χ2v) is 6.56. The fourth-order valence-corrected chi connectivity index (χ4v) is 3.37. The smallest absolute Gasteiger partial charge is 0.307 e. The summed E-state index contributed by atoms with van der Waals surface area (Å²) in [6, 6.07) is 22.4. The van der Waals surface area contributed by atoms with Crippen molar-refractivity contribution in [1.29, 1.82) is 0 Å². The number of carboxylic acid groups (broad SMARTS) is 1. The minimum atomic E-state index is -0.904. The number of nitrogens with one attached hydrogen (secondary N) is 1. The molecule has 0 aliphatic carbocycles. The monoisotopic (exact) mass is 377 g/mol. The molecule has 0 saturated carbocycles. The van der Waals surface area contributed by atoms with Crippen LogP contribution < -0.4 is 4.74 Å². The highest BCUT2D eigenvalue weighted by atomic mass is 35.5. The van der Waals surface area contributed by atoms with Crippen molar-refractivity contribution in [2.45, 2.75) is 6.42 Å². The number of carbonyl (C=O) groups is 1. The highest BCUT2D eigenvalue weighted by Gasteiger charge is 2.18. The Labute approximate surface area is 161 Å². The molecular weight excluding hydrogens is 362 g/mol. The second-order valence-electron chi connectivity index (χ2n) is 6.15. The van der Waals surface area contributed by atoms with Gasteiger partial charge in [0, 0.05) is 21.5 Å². The zero-order chi connectivity index (χ0) is 18.8. The number of ether oxygens (including phenoxy) is 1. The molecule has 0 unspecified atom stereocenters. The Bertz CT molecular complexity index is 1120. The number of carboxylic acids is 1. The molecule has 4 aromatic rings. The van der Waals surface area contributed by atoms with Crippen LogP contribution in [0.2, 0.25) is 5.02 Å². The molecule has 4 rings (SSSR count).